The van der Waals surface area contributed by atoms with Crippen LogP contribution in [-0.4, -0.2) is 43.5 Å². The first-order valence-corrected chi connectivity index (χ1v) is 13.1. The summed E-state index contributed by atoms with van der Waals surface area (Å²) in [6.45, 7) is 21.5. The molecule has 0 aromatic carbocycles. The normalized spacial score (nSPS) is 12.8. The van der Waals surface area contributed by atoms with Gasteiger partial charge >= 0.3 is 8.80 Å². The van der Waals surface area contributed by atoms with E-state index in [9.17, 15) is 0 Å². The molecule has 0 aliphatic rings. The molecule has 0 heterocycles. The molecule has 6 heteroatoms. The largest absolute Gasteiger partial charge is 0.591 e. The number of rotatable bonds is 11. The summed E-state index contributed by atoms with van der Waals surface area (Å²) < 4.78 is 23.7. The molecule has 24 heavy (non-hydrogen) atoms. The van der Waals surface area contributed by atoms with Gasteiger partial charge in [0, 0.05) is 19.8 Å². The van der Waals surface area contributed by atoms with Gasteiger partial charge in [0.1, 0.15) is 0 Å². The summed E-state index contributed by atoms with van der Waals surface area (Å²) in [4.78, 5) is 0. The zero-order chi connectivity index (χ0) is 18.8. The topological polar surface area (TPSA) is 36.9 Å². The molecule has 0 bridgehead atoms. The van der Waals surface area contributed by atoms with Gasteiger partial charge < -0.3 is 17.7 Å². The van der Waals surface area contributed by atoms with Crippen LogP contribution in [0.5, 0.6) is 0 Å². The third kappa shape index (κ3) is 6.28. The van der Waals surface area contributed by atoms with E-state index in [1.54, 1.807) is 0 Å². The Morgan fingerprint density at radius 2 is 1.04 bits per heavy atom. The minimum absolute atomic E-state index is 0.419. The Hall–Kier alpha value is -0.166. The first-order valence-electron chi connectivity index (χ1n) is 9.28. The molecule has 0 rings (SSSR count). The highest BCUT2D eigenvalue weighted by molar-refractivity contribution is 6.77. The third-order valence-electron chi connectivity index (χ3n) is 4.35. The summed E-state index contributed by atoms with van der Waals surface area (Å²) in [5.74, 6) is 3.15. The van der Waals surface area contributed by atoms with Gasteiger partial charge in [-0.2, -0.15) is 0 Å². The van der Waals surface area contributed by atoms with Crippen molar-refractivity contribution in [3.8, 4) is 11.5 Å². The Morgan fingerprint density at radius 1 is 0.667 bits per heavy atom. The monoisotopic (exact) mass is 374 g/mol. The molecule has 0 radical (unpaired) electrons. The van der Waals surface area contributed by atoms with Crippen molar-refractivity contribution >= 4 is 17.1 Å². The van der Waals surface area contributed by atoms with Gasteiger partial charge in [-0.05, 0) is 42.9 Å². The second-order valence-corrected chi connectivity index (χ2v) is 14.5. The summed E-state index contributed by atoms with van der Waals surface area (Å²) >= 11 is 0. The van der Waals surface area contributed by atoms with Gasteiger partial charge in [-0.15, -0.1) is 0 Å². The van der Waals surface area contributed by atoms with Gasteiger partial charge in [-0.1, -0.05) is 47.5 Å². The van der Waals surface area contributed by atoms with E-state index in [0.29, 0.717) is 43.1 Å². The molecule has 0 fully saturated rings. The van der Waals surface area contributed by atoms with Crippen LogP contribution in [0.15, 0.2) is 0 Å². The summed E-state index contributed by atoms with van der Waals surface area (Å²) in [5, 5.41) is 0. The molecule has 0 spiro atoms. The van der Waals surface area contributed by atoms with E-state index in [-0.39, 0.29) is 0 Å². The third-order valence-corrected chi connectivity index (χ3v) is 12.9. The van der Waals surface area contributed by atoms with Crippen LogP contribution in [-0.2, 0) is 17.7 Å². The van der Waals surface area contributed by atoms with Crippen molar-refractivity contribution in [2.24, 2.45) is 0 Å². The first kappa shape index (κ1) is 23.8. The molecule has 0 aromatic heterocycles. The van der Waals surface area contributed by atoms with Gasteiger partial charge in [0.15, 0.2) is 0 Å². The Kier molecular flexibility index (Phi) is 11.4. The highest BCUT2D eigenvalue weighted by atomic mass is 28.4. The zero-order valence-electron chi connectivity index (χ0n) is 17.2. The number of hydrogen-bond acceptors (Lipinski definition) is 4. The molecule has 142 valence electrons. The molecule has 0 unspecified atom stereocenters. The molecule has 4 nitrogen and oxygen atoms in total. The van der Waals surface area contributed by atoms with Gasteiger partial charge in [0.2, 0.25) is 8.32 Å². The summed E-state index contributed by atoms with van der Waals surface area (Å²) in [7, 11) is -4.79. The van der Waals surface area contributed by atoms with Crippen LogP contribution >= 0.6 is 0 Å². The van der Waals surface area contributed by atoms with E-state index >= 15 is 0 Å². The van der Waals surface area contributed by atoms with Crippen molar-refractivity contribution in [1.82, 2.24) is 0 Å². The van der Waals surface area contributed by atoms with Crippen molar-refractivity contribution < 1.29 is 17.7 Å². The molecule has 0 aliphatic heterocycles. The fraction of sp³-hybridized carbons (Fsp3) is 0.889. The smallest absolute Gasteiger partial charge is 0.405 e. The highest BCUT2D eigenvalue weighted by Gasteiger charge is 2.45. The van der Waals surface area contributed by atoms with Crippen molar-refractivity contribution in [2.45, 2.75) is 78.9 Å². The summed E-state index contributed by atoms with van der Waals surface area (Å²) in [6.07, 6.45) is 0. The van der Waals surface area contributed by atoms with Crippen LogP contribution in [0.1, 0.15) is 62.3 Å². The summed E-state index contributed by atoms with van der Waals surface area (Å²) in [6, 6.07) is 0. The molecule has 0 aliphatic carbocycles. The maximum atomic E-state index is 6.46. The van der Waals surface area contributed by atoms with Crippen LogP contribution in [0.25, 0.3) is 0 Å². The van der Waals surface area contributed by atoms with Gasteiger partial charge in [-0.3, -0.25) is 0 Å². The first-order chi connectivity index (χ1) is 11.2. The molecule has 0 saturated carbocycles. The lowest BCUT2D eigenvalue weighted by atomic mass is 10.5. The minimum Gasteiger partial charge on any atom is -0.405 e. The average Bonchev–Trinajstić information content (AvgIpc) is 2.47. The van der Waals surface area contributed by atoms with Crippen molar-refractivity contribution in [3.63, 3.8) is 0 Å². The zero-order valence-corrected chi connectivity index (χ0v) is 19.2. The second kappa shape index (κ2) is 11.4. The average molecular weight is 375 g/mol. The van der Waals surface area contributed by atoms with Crippen LogP contribution < -0.4 is 0 Å². The quantitative estimate of drug-likeness (QED) is 0.385. The van der Waals surface area contributed by atoms with Crippen LogP contribution in [0.2, 0.25) is 16.6 Å². The molecule has 0 atom stereocenters. The van der Waals surface area contributed by atoms with E-state index in [0.717, 1.165) is 0 Å². The van der Waals surface area contributed by atoms with Crippen molar-refractivity contribution in [2.75, 3.05) is 26.4 Å². The number of hydrogen-bond donors (Lipinski definition) is 0. The van der Waals surface area contributed by atoms with Gasteiger partial charge in [0.25, 0.3) is 0 Å². The minimum atomic E-state index is -2.90. The van der Waals surface area contributed by atoms with Crippen molar-refractivity contribution in [3.05, 3.63) is 0 Å². The van der Waals surface area contributed by atoms with E-state index < -0.39 is 17.1 Å². The Labute approximate surface area is 152 Å². The summed E-state index contributed by atoms with van der Waals surface area (Å²) in [5.41, 5.74) is 4.79. The Morgan fingerprint density at radius 3 is 1.33 bits per heavy atom. The van der Waals surface area contributed by atoms with E-state index in [4.69, 9.17) is 17.7 Å². The van der Waals surface area contributed by atoms with E-state index in [1.807, 2.05) is 20.8 Å². The molecule has 0 aromatic rings. The standard InChI is InChI=1S/C18H38O4Si2/c1-10-19-23(20-11-2,21-12-3)15-13-14-22-24(16(4)5,17(6)7)18(8)9/h16-18H,10-12,14H2,1-9H3. The molecule has 0 N–H and O–H groups in total. The fourth-order valence-corrected chi connectivity index (χ4v) is 10.8. The predicted octanol–water partition coefficient (Wildman–Crippen LogP) is 4.77. The predicted molar refractivity (Wildman–Crippen MR) is 105 cm³/mol. The van der Waals surface area contributed by atoms with Crippen molar-refractivity contribution in [1.29, 1.82) is 0 Å². The SMILES string of the molecule is CCO[Si](C#CCO[Si](C(C)C)(C(C)C)C(C)C)(OCC)OCC. The second-order valence-electron chi connectivity index (χ2n) is 6.76. The Balaban J connectivity index is 5.24. The van der Waals surface area contributed by atoms with Crippen LogP contribution in [0.3, 0.4) is 0 Å². The molecule has 0 amide bonds. The highest BCUT2D eigenvalue weighted by Crippen LogP contribution is 2.42. The lowest BCUT2D eigenvalue weighted by Crippen LogP contribution is -2.48. The van der Waals surface area contributed by atoms with Gasteiger partial charge in [-0.25, -0.2) is 0 Å². The Bertz CT molecular complexity index is 361. The lowest BCUT2D eigenvalue weighted by molar-refractivity contribution is 0.0870. The van der Waals surface area contributed by atoms with Gasteiger partial charge in [0.05, 0.1) is 6.61 Å². The van der Waals surface area contributed by atoms with Crippen LogP contribution in [0.4, 0.5) is 0 Å². The maximum Gasteiger partial charge on any atom is 0.591 e. The molecule has 0 saturated heterocycles. The van der Waals surface area contributed by atoms with Crippen LogP contribution in [0, 0.1) is 11.5 Å². The molecular formula is C18H38O4Si2. The fourth-order valence-electron chi connectivity index (χ4n) is 3.61. The lowest BCUT2D eigenvalue weighted by Gasteiger charge is -2.41. The van der Waals surface area contributed by atoms with E-state index in [1.165, 1.54) is 0 Å². The van der Waals surface area contributed by atoms with E-state index in [2.05, 4.69) is 53.0 Å². The molecular weight excluding hydrogens is 336 g/mol. The maximum absolute atomic E-state index is 6.46.